The number of hydrogen-bond acceptors (Lipinski definition) is 4. The number of ketones is 1. The quantitative estimate of drug-likeness (QED) is 0.352. The third kappa shape index (κ3) is 6.75. The molecular weight excluding hydrogens is 516 g/mol. The molecule has 1 N–H and O–H groups in total. The van der Waals surface area contributed by atoms with Gasteiger partial charge >= 0.3 is 0 Å². The van der Waals surface area contributed by atoms with Crippen molar-refractivity contribution in [3.63, 3.8) is 0 Å². The van der Waals surface area contributed by atoms with Gasteiger partial charge in [0.1, 0.15) is 11.2 Å². The van der Waals surface area contributed by atoms with Crippen LogP contribution in [0.25, 0.3) is 12.2 Å². The molecule has 6 heteroatoms. The van der Waals surface area contributed by atoms with Crippen LogP contribution in [-0.2, 0) is 16.1 Å². The second-order valence-corrected chi connectivity index (χ2v) is 12.3. The van der Waals surface area contributed by atoms with Crippen molar-refractivity contribution >= 4 is 35.2 Å². The molecule has 1 aromatic heterocycles. The Labute approximate surface area is 239 Å². The van der Waals surface area contributed by atoms with Gasteiger partial charge in [0.25, 0.3) is 5.56 Å². The van der Waals surface area contributed by atoms with Crippen LogP contribution in [0.3, 0.4) is 0 Å². The largest absolute Gasteiger partial charge is 0.344 e. The Kier molecular flexibility index (Phi) is 8.70. The number of amides is 1. The Balaban J connectivity index is 1.78. The van der Waals surface area contributed by atoms with Crippen molar-refractivity contribution in [1.29, 1.82) is 0 Å². The molecule has 4 rings (SSSR count). The summed E-state index contributed by atoms with van der Waals surface area (Å²) in [5.74, 6) is -0.423. The first-order chi connectivity index (χ1) is 18.9. The van der Waals surface area contributed by atoms with Gasteiger partial charge in [-0.05, 0) is 54.7 Å². The fourth-order valence-corrected chi connectivity index (χ4v) is 5.69. The molecule has 5 nitrogen and oxygen atoms in total. The minimum absolute atomic E-state index is 0.108. The lowest BCUT2D eigenvalue weighted by atomic mass is 9.91. The average Bonchev–Trinajstić information content (AvgIpc) is 3.18. The van der Waals surface area contributed by atoms with E-state index in [-0.39, 0.29) is 29.8 Å². The first-order valence-electron chi connectivity index (χ1n) is 13.4. The standard InChI is InChI=1S/C34H36N2O3S/c1-22-17-23(2)27(24(3)18-22)19-28-33(39)36(31(40-28)20-29(37)34(4,5)6)21-30(38)35-32(25-13-9-7-10-14-25)26-15-11-8-12-16-26/h7-20,32H,21H2,1-6H3,(H,35,38)/b28-19-,31-20-. The second-order valence-electron chi connectivity index (χ2n) is 11.2. The van der Waals surface area contributed by atoms with E-state index in [9.17, 15) is 14.4 Å². The minimum atomic E-state index is -0.618. The van der Waals surface area contributed by atoms with Crippen LogP contribution in [0.5, 0.6) is 0 Å². The smallest absolute Gasteiger partial charge is 0.269 e. The van der Waals surface area contributed by atoms with Gasteiger partial charge < -0.3 is 5.32 Å². The summed E-state index contributed by atoms with van der Waals surface area (Å²) in [6, 6.07) is 23.3. The van der Waals surface area contributed by atoms with Gasteiger partial charge in [0.05, 0.1) is 10.6 Å². The van der Waals surface area contributed by atoms with Crippen molar-refractivity contribution < 1.29 is 9.59 Å². The van der Waals surface area contributed by atoms with Gasteiger partial charge in [-0.15, -0.1) is 11.3 Å². The van der Waals surface area contributed by atoms with Gasteiger partial charge in [0, 0.05) is 11.5 Å². The number of aryl methyl sites for hydroxylation is 3. The number of hydrogen-bond donors (Lipinski definition) is 1. The number of thiazole rings is 1. The molecule has 1 amide bonds. The zero-order valence-electron chi connectivity index (χ0n) is 23.9. The molecule has 0 saturated carbocycles. The third-order valence-electron chi connectivity index (χ3n) is 6.82. The first kappa shape index (κ1) is 29.0. The molecule has 0 unspecified atom stereocenters. The van der Waals surface area contributed by atoms with Crippen LogP contribution in [0, 0.1) is 26.2 Å². The topological polar surface area (TPSA) is 68.2 Å². The van der Waals surface area contributed by atoms with Crippen LogP contribution in [0.2, 0.25) is 0 Å². The molecule has 40 heavy (non-hydrogen) atoms. The summed E-state index contributed by atoms with van der Waals surface area (Å²) >= 11 is 1.24. The summed E-state index contributed by atoms with van der Waals surface area (Å²) < 4.78 is 2.37. The summed E-state index contributed by atoms with van der Waals surface area (Å²) in [7, 11) is 0. The minimum Gasteiger partial charge on any atom is -0.344 e. The third-order valence-corrected chi connectivity index (χ3v) is 7.88. The van der Waals surface area contributed by atoms with E-state index in [1.54, 1.807) is 0 Å². The van der Waals surface area contributed by atoms with E-state index in [4.69, 9.17) is 0 Å². The molecule has 3 aromatic carbocycles. The predicted molar refractivity (Wildman–Crippen MR) is 164 cm³/mol. The Morgan fingerprint density at radius 2 is 1.43 bits per heavy atom. The van der Waals surface area contributed by atoms with Crippen LogP contribution >= 0.6 is 11.3 Å². The van der Waals surface area contributed by atoms with Crippen LogP contribution in [0.4, 0.5) is 0 Å². The lowest BCUT2D eigenvalue weighted by molar-refractivity contribution is -0.122. The molecule has 0 aliphatic carbocycles. The summed E-state index contributed by atoms with van der Waals surface area (Å²) in [6.07, 6.45) is 3.37. The predicted octanol–water partition coefficient (Wildman–Crippen LogP) is 4.97. The van der Waals surface area contributed by atoms with Gasteiger partial charge in [0.15, 0.2) is 5.78 Å². The number of rotatable bonds is 7. The molecule has 206 valence electrons. The first-order valence-corrected chi connectivity index (χ1v) is 14.2. The molecular formula is C34H36N2O3S. The molecule has 1 heterocycles. The summed E-state index contributed by atoms with van der Waals surface area (Å²) in [6.45, 7) is 11.4. The van der Waals surface area contributed by atoms with Gasteiger partial charge in [0.2, 0.25) is 5.91 Å². The van der Waals surface area contributed by atoms with E-state index in [1.165, 1.54) is 22.0 Å². The zero-order chi connectivity index (χ0) is 29.0. The molecule has 4 aromatic rings. The van der Waals surface area contributed by atoms with E-state index in [0.717, 1.165) is 33.4 Å². The molecule has 0 fully saturated rings. The Hall–Kier alpha value is -4.03. The van der Waals surface area contributed by atoms with E-state index >= 15 is 0 Å². The number of carbonyl (C=O) groups is 2. The zero-order valence-corrected chi connectivity index (χ0v) is 24.8. The van der Waals surface area contributed by atoms with Crippen molar-refractivity contribution in [2.75, 3.05) is 0 Å². The van der Waals surface area contributed by atoms with Gasteiger partial charge in [-0.3, -0.25) is 19.0 Å². The summed E-state index contributed by atoms with van der Waals surface area (Å²) in [5, 5.41) is 3.12. The number of benzene rings is 3. The van der Waals surface area contributed by atoms with Crippen molar-refractivity contribution in [3.05, 3.63) is 126 Å². The SMILES string of the molecule is Cc1cc(C)c(/C=c2\s/c(=C\C(=O)C(C)(C)C)n(CC(=O)NC(c3ccccc3)c3ccccc3)c2=O)c(C)c1. The van der Waals surface area contributed by atoms with Crippen LogP contribution in [-0.4, -0.2) is 16.3 Å². The van der Waals surface area contributed by atoms with E-state index in [2.05, 4.69) is 17.4 Å². The molecule has 0 spiro atoms. The van der Waals surface area contributed by atoms with Crippen molar-refractivity contribution in [2.45, 2.75) is 54.1 Å². The van der Waals surface area contributed by atoms with Crippen LogP contribution in [0.1, 0.15) is 60.2 Å². The van der Waals surface area contributed by atoms with Gasteiger partial charge in [-0.25, -0.2) is 0 Å². The van der Waals surface area contributed by atoms with Crippen LogP contribution in [0.15, 0.2) is 77.6 Å². The summed E-state index contributed by atoms with van der Waals surface area (Å²) in [4.78, 5) is 40.2. The molecule has 0 saturated heterocycles. The number of aromatic nitrogens is 1. The number of Topliss-reactive ketones (excluding diaryl/α,β-unsaturated/α-hetero) is 1. The fourth-order valence-electron chi connectivity index (χ4n) is 4.67. The van der Waals surface area contributed by atoms with Gasteiger partial charge in [-0.2, -0.15) is 0 Å². The Morgan fingerprint density at radius 3 is 1.93 bits per heavy atom. The molecule has 0 radical (unpaired) electrons. The Bertz CT molecular complexity index is 1650. The van der Waals surface area contributed by atoms with Crippen molar-refractivity contribution in [2.24, 2.45) is 5.41 Å². The lowest BCUT2D eigenvalue weighted by Crippen LogP contribution is -2.40. The maximum absolute atomic E-state index is 13.7. The highest BCUT2D eigenvalue weighted by Gasteiger charge is 2.21. The lowest BCUT2D eigenvalue weighted by Gasteiger charge is -2.20. The highest BCUT2D eigenvalue weighted by atomic mass is 32.1. The maximum atomic E-state index is 13.7. The van der Waals surface area contributed by atoms with Crippen LogP contribution < -0.4 is 20.1 Å². The normalized spacial score (nSPS) is 12.7. The molecule has 0 atom stereocenters. The van der Waals surface area contributed by atoms with Crippen molar-refractivity contribution in [1.82, 2.24) is 9.88 Å². The summed E-state index contributed by atoms with van der Waals surface area (Å²) in [5.41, 5.74) is 5.24. The molecule has 0 aliphatic rings. The number of carbonyl (C=O) groups excluding carboxylic acids is 2. The Morgan fingerprint density at radius 1 is 0.900 bits per heavy atom. The highest BCUT2D eigenvalue weighted by molar-refractivity contribution is 7.07. The highest BCUT2D eigenvalue weighted by Crippen LogP contribution is 2.22. The molecule has 0 aliphatic heterocycles. The average molecular weight is 553 g/mol. The number of nitrogens with zero attached hydrogens (tertiary/aromatic N) is 1. The van der Waals surface area contributed by atoms with E-state index in [1.807, 2.05) is 108 Å². The van der Waals surface area contributed by atoms with Crippen molar-refractivity contribution in [3.8, 4) is 0 Å². The fraction of sp³-hybridized carbons (Fsp3) is 0.265. The monoisotopic (exact) mass is 552 g/mol. The molecule has 0 bridgehead atoms. The van der Waals surface area contributed by atoms with E-state index in [0.29, 0.717) is 9.20 Å². The second kappa shape index (κ2) is 12.0. The maximum Gasteiger partial charge on any atom is 0.269 e. The van der Waals surface area contributed by atoms with Gasteiger partial charge in [-0.1, -0.05) is 99.1 Å². The van der Waals surface area contributed by atoms with E-state index < -0.39 is 5.41 Å². The number of nitrogens with one attached hydrogen (secondary N) is 1.